The summed E-state index contributed by atoms with van der Waals surface area (Å²) < 4.78 is 0. The fourth-order valence-corrected chi connectivity index (χ4v) is 2.99. The molecule has 0 spiro atoms. The van der Waals surface area contributed by atoms with Crippen molar-refractivity contribution in [3.05, 3.63) is 35.4 Å². The third-order valence-electron chi connectivity index (χ3n) is 4.49. The fourth-order valence-electron chi connectivity index (χ4n) is 2.99. The average molecular weight is 332 g/mol. The molecule has 0 saturated carbocycles. The van der Waals surface area contributed by atoms with E-state index in [0.29, 0.717) is 43.6 Å². The van der Waals surface area contributed by atoms with E-state index in [0.717, 1.165) is 0 Å². The number of aliphatic carboxylic acids is 1. The Hall–Kier alpha value is -2.37. The molecule has 2 rings (SSSR count). The van der Waals surface area contributed by atoms with E-state index >= 15 is 0 Å². The van der Waals surface area contributed by atoms with Crippen LogP contribution in [-0.4, -0.2) is 58.9 Å². The highest BCUT2D eigenvalue weighted by molar-refractivity contribution is 5.98. The van der Waals surface area contributed by atoms with Gasteiger partial charge in [0.05, 0.1) is 5.92 Å². The third kappa shape index (κ3) is 3.93. The van der Waals surface area contributed by atoms with Crippen LogP contribution < -0.4 is 0 Å². The molecule has 0 bridgehead atoms. The number of likely N-dealkylation sites (tertiary alicyclic amines) is 1. The zero-order valence-electron chi connectivity index (χ0n) is 14.2. The number of amides is 2. The van der Waals surface area contributed by atoms with E-state index in [4.69, 9.17) is 5.11 Å². The van der Waals surface area contributed by atoms with E-state index in [9.17, 15) is 14.4 Å². The van der Waals surface area contributed by atoms with Gasteiger partial charge in [-0.25, -0.2) is 0 Å². The van der Waals surface area contributed by atoms with Gasteiger partial charge in [-0.3, -0.25) is 14.4 Å². The van der Waals surface area contributed by atoms with E-state index in [1.807, 2.05) is 13.8 Å². The second-order valence-corrected chi connectivity index (χ2v) is 5.98. The second kappa shape index (κ2) is 7.95. The lowest BCUT2D eigenvalue weighted by Crippen LogP contribution is -2.42. The summed E-state index contributed by atoms with van der Waals surface area (Å²) in [6.07, 6.45) is 1.30. The highest BCUT2D eigenvalue weighted by Gasteiger charge is 2.28. The molecule has 1 atom stereocenters. The van der Waals surface area contributed by atoms with Crippen molar-refractivity contribution in [2.45, 2.75) is 26.7 Å². The molecular formula is C18H24N2O4. The van der Waals surface area contributed by atoms with Crippen molar-refractivity contribution in [2.75, 3.05) is 26.2 Å². The highest BCUT2D eigenvalue weighted by atomic mass is 16.4. The smallest absolute Gasteiger partial charge is 0.308 e. The maximum absolute atomic E-state index is 12.5. The minimum atomic E-state index is -0.854. The highest BCUT2D eigenvalue weighted by Crippen LogP contribution is 2.19. The van der Waals surface area contributed by atoms with Crippen LogP contribution in [0.2, 0.25) is 0 Å². The summed E-state index contributed by atoms with van der Waals surface area (Å²) in [6.45, 7) is 5.95. The van der Waals surface area contributed by atoms with Crippen LogP contribution in [0, 0.1) is 5.92 Å². The summed E-state index contributed by atoms with van der Waals surface area (Å²) in [6, 6.07) is 6.60. The van der Waals surface area contributed by atoms with E-state index in [2.05, 4.69) is 0 Å². The summed E-state index contributed by atoms with van der Waals surface area (Å²) in [5.74, 6) is -1.58. The first kappa shape index (κ1) is 18.0. The van der Waals surface area contributed by atoms with Crippen LogP contribution in [0.25, 0.3) is 0 Å². The van der Waals surface area contributed by atoms with Crippen molar-refractivity contribution < 1.29 is 19.5 Å². The van der Waals surface area contributed by atoms with Crippen LogP contribution in [0.15, 0.2) is 24.3 Å². The third-order valence-corrected chi connectivity index (χ3v) is 4.49. The zero-order valence-corrected chi connectivity index (χ0v) is 14.2. The minimum Gasteiger partial charge on any atom is -0.481 e. The summed E-state index contributed by atoms with van der Waals surface area (Å²) in [5.41, 5.74) is 1.04. The summed E-state index contributed by atoms with van der Waals surface area (Å²) in [7, 11) is 0. The molecule has 1 aliphatic heterocycles. The van der Waals surface area contributed by atoms with Gasteiger partial charge in [0.2, 0.25) is 0 Å². The van der Waals surface area contributed by atoms with Gasteiger partial charge >= 0.3 is 5.97 Å². The first-order valence-corrected chi connectivity index (χ1v) is 8.39. The molecule has 1 aliphatic rings. The van der Waals surface area contributed by atoms with Crippen molar-refractivity contribution in [3.8, 4) is 0 Å². The van der Waals surface area contributed by atoms with Crippen molar-refractivity contribution in [1.82, 2.24) is 9.80 Å². The number of benzene rings is 1. The summed E-state index contributed by atoms with van der Waals surface area (Å²) in [5, 5.41) is 9.12. The number of rotatable bonds is 5. The Balaban J connectivity index is 2.08. The number of carbonyl (C=O) groups is 3. The predicted molar refractivity (Wildman–Crippen MR) is 90.0 cm³/mol. The van der Waals surface area contributed by atoms with E-state index in [-0.39, 0.29) is 18.4 Å². The van der Waals surface area contributed by atoms with Crippen LogP contribution in [0.5, 0.6) is 0 Å². The molecule has 1 unspecified atom stereocenters. The van der Waals surface area contributed by atoms with Crippen molar-refractivity contribution >= 4 is 17.8 Å². The van der Waals surface area contributed by atoms with Crippen molar-refractivity contribution in [3.63, 3.8) is 0 Å². The van der Waals surface area contributed by atoms with Crippen molar-refractivity contribution in [2.24, 2.45) is 5.92 Å². The Morgan fingerprint density at radius 3 is 2.25 bits per heavy atom. The largest absolute Gasteiger partial charge is 0.481 e. The molecule has 1 aromatic carbocycles. The second-order valence-electron chi connectivity index (χ2n) is 5.98. The lowest BCUT2D eigenvalue weighted by Gasteiger charge is -2.30. The molecule has 130 valence electrons. The molecule has 6 nitrogen and oxygen atoms in total. The molecule has 0 aliphatic carbocycles. The van der Waals surface area contributed by atoms with Gasteiger partial charge in [-0.15, -0.1) is 0 Å². The Morgan fingerprint density at radius 1 is 1.12 bits per heavy atom. The molecule has 1 aromatic rings. The van der Waals surface area contributed by atoms with E-state index in [1.165, 1.54) is 0 Å². The quantitative estimate of drug-likeness (QED) is 0.896. The Bertz CT molecular complexity index is 608. The molecule has 0 aromatic heterocycles. The lowest BCUT2D eigenvalue weighted by atomic mass is 9.97. The number of carbonyl (C=O) groups excluding carboxylic acids is 2. The molecule has 2 amide bonds. The molecule has 0 radical (unpaired) electrons. The monoisotopic (exact) mass is 332 g/mol. The number of hydrogen-bond acceptors (Lipinski definition) is 3. The maximum Gasteiger partial charge on any atom is 0.308 e. The average Bonchev–Trinajstić information content (AvgIpc) is 2.62. The Morgan fingerprint density at radius 2 is 1.71 bits per heavy atom. The SMILES string of the molecule is CCN(CC)C(=O)c1ccc(C(=O)N2CCCC(C(=O)O)C2)cc1. The first-order chi connectivity index (χ1) is 11.5. The topological polar surface area (TPSA) is 77.9 Å². The first-order valence-electron chi connectivity index (χ1n) is 8.39. The van der Waals surface area contributed by atoms with Crippen molar-refractivity contribution in [1.29, 1.82) is 0 Å². The number of carboxylic acid groups (broad SMARTS) is 1. The molecule has 1 fully saturated rings. The van der Waals surface area contributed by atoms with Gasteiger partial charge < -0.3 is 14.9 Å². The van der Waals surface area contributed by atoms with Gasteiger partial charge in [-0.2, -0.15) is 0 Å². The van der Waals surface area contributed by atoms with Gasteiger partial charge in [0.15, 0.2) is 0 Å². The molecule has 1 saturated heterocycles. The number of hydrogen-bond donors (Lipinski definition) is 1. The van der Waals surface area contributed by atoms with Gasteiger partial charge in [0.1, 0.15) is 0 Å². The fraction of sp³-hybridized carbons (Fsp3) is 0.500. The van der Waals surface area contributed by atoms with Crippen LogP contribution in [0.4, 0.5) is 0 Å². The molecule has 6 heteroatoms. The van der Waals surface area contributed by atoms with Crippen LogP contribution in [0.1, 0.15) is 47.4 Å². The van der Waals surface area contributed by atoms with Gasteiger partial charge in [-0.1, -0.05) is 0 Å². The number of piperidine rings is 1. The molecule has 1 N–H and O–H groups in total. The van der Waals surface area contributed by atoms with Gasteiger partial charge in [-0.05, 0) is 51.0 Å². The molecule has 24 heavy (non-hydrogen) atoms. The molecular weight excluding hydrogens is 308 g/mol. The summed E-state index contributed by atoms with van der Waals surface area (Å²) >= 11 is 0. The van der Waals surface area contributed by atoms with E-state index in [1.54, 1.807) is 34.1 Å². The Labute approximate surface area is 142 Å². The normalized spacial score (nSPS) is 17.4. The maximum atomic E-state index is 12.5. The standard InChI is InChI=1S/C18H24N2O4/c1-3-19(4-2)16(21)13-7-9-14(10-8-13)17(22)20-11-5-6-15(12-20)18(23)24/h7-10,15H,3-6,11-12H2,1-2H3,(H,23,24). The zero-order chi connectivity index (χ0) is 17.7. The summed E-state index contributed by atoms with van der Waals surface area (Å²) in [4.78, 5) is 39.2. The predicted octanol–water partition coefficient (Wildman–Crippen LogP) is 2.11. The Kier molecular flexibility index (Phi) is 5.95. The number of carboxylic acids is 1. The van der Waals surface area contributed by atoms with E-state index < -0.39 is 11.9 Å². The van der Waals surface area contributed by atoms with Gasteiger partial charge in [0, 0.05) is 37.3 Å². The molecule has 1 heterocycles. The van der Waals surface area contributed by atoms with Gasteiger partial charge in [0.25, 0.3) is 11.8 Å². The van der Waals surface area contributed by atoms with Crippen LogP contribution in [-0.2, 0) is 4.79 Å². The lowest BCUT2D eigenvalue weighted by molar-refractivity contribution is -0.143. The minimum absolute atomic E-state index is 0.0529. The number of nitrogens with zero attached hydrogens (tertiary/aromatic N) is 2. The van der Waals surface area contributed by atoms with Crippen LogP contribution in [0.3, 0.4) is 0 Å². The van der Waals surface area contributed by atoms with Crippen LogP contribution >= 0.6 is 0 Å².